The normalized spacial score (nSPS) is 18.1. The monoisotopic (exact) mass is 527 g/mol. The van der Waals surface area contributed by atoms with Crippen LogP contribution in [0.15, 0.2) is 17.5 Å². The van der Waals surface area contributed by atoms with Crippen LogP contribution >= 0.6 is 11.3 Å². The molecule has 0 spiro atoms. The second kappa shape index (κ2) is 12.8. The summed E-state index contributed by atoms with van der Waals surface area (Å²) in [5.41, 5.74) is 6.38. The summed E-state index contributed by atoms with van der Waals surface area (Å²) in [6, 6.07) is 1.99. The molecule has 2 aliphatic rings. The van der Waals surface area contributed by atoms with Crippen molar-refractivity contribution in [1.82, 2.24) is 9.88 Å². The second-order valence-corrected chi connectivity index (χ2v) is 9.92. The van der Waals surface area contributed by atoms with Crippen molar-refractivity contribution < 1.29 is 31.3 Å². The van der Waals surface area contributed by atoms with E-state index in [2.05, 4.69) is 17.8 Å². The van der Waals surface area contributed by atoms with E-state index in [0.29, 0.717) is 24.3 Å². The Morgan fingerprint density at radius 1 is 1.20 bits per heavy atom. The lowest BCUT2D eigenvalue weighted by atomic mass is 9.98. The first-order chi connectivity index (χ1) is 16.7. The van der Waals surface area contributed by atoms with Gasteiger partial charge in [-0.25, -0.2) is 14.2 Å². The predicted octanol–water partition coefficient (Wildman–Crippen LogP) is 3.90. The quantitative estimate of drug-likeness (QED) is 0.473. The number of rotatable bonds is 4. The minimum Gasteiger partial charge on any atom is -0.382 e. The Morgan fingerprint density at radius 3 is 2.37 bits per heavy atom. The highest BCUT2D eigenvalue weighted by molar-refractivity contribution is 7.86. The molecule has 1 unspecified atom stereocenters. The van der Waals surface area contributed by atoms with E-state index >= 15 is 0 Å². The maximum atomic E-state index is 14.3. The molecular weight excluding hydrogens is 497 g/mol. The van der Waals surface area contributed by atoms with Crippen LogP contribution in [0.4, 0.5) is 9.18 Å². The number of primary amides is 1. The van der Waals surface area contributed by atoms with Crippen molar-refractivity contribution in [1.29, 1.82) is 0 Å². The number of carbonyl (C=O) groups excluding carboxylic acids is 1. The van der Waals surface area contributed by atoms with Gasteiger partial charge in [-0.05, 0) is 25.0 Å². The Labute approximate surface area is 209 Å². The van der Waals surface area contributed by atoms with Crippen LogP contribution in [0.25, 0.3) is 0 Å². The summed E-state index contributed by atoms with van der Waals surface area (Å²) >= 11 is 1.48. The van der Waals surface area contributed by atoms with Crippen molar-refractivity contribution in [2.24, 2.45) is 5.73 Å². The highest BCUT2D eigenvalue weighted by atomic mass is 32.2. The van der Waals surface area contributed by atoms with Crippen LogP contribution in [-0.4, -0.2) is 43.7 Å². The molecule has 1 aromatic carbocycles. The molecule has 1 atom stereocenters. The molecule has 1 aromatic heterocycles. The minimum absolute atomic E-state index is 0.0170. The lowest BCUT2D eigenvalue weighted by molar-refractivity contribution is -0.155. The molecule has 2 aromatic rings. The number of aromatic nitrogens is 1. The van der Waals surface area contributed by atoms with Gasteiger partial charge in [-0.1, -0.05) is 13.8 Å². The van der Waals surface area contributed by atoms with E-state index in [1.807, 2.05) is 19.2 Å². The van der Waals surface area contributed by atoms with E-state index in [1.54, 1.807) is 4.90 Å². The van der Waals surface area contributed by atoms with E-state index < -0.39 is 28.3 Å². The number of benzene rings is 1. The number of ether oxygens (including phenoxy) is 2. The van der Waals surface area contributed by atoms with E-state index in [1.165, 1.54) is 17.4 Å². The van der Waals surface area contributed by atoms with Crippen LogP contribution in [-0.2, 0) is 32.8 Å². The summed E-state index contributed by atoms with van der Waals surface area (Å²) in [6.07, 6.45) is 9.63. The van der Waals surface area contributed by atoms with E-state index in [9.17, 15) is 17.6 Å². The number of hydrogen-bond acceptors (Lipinski definition) is 8. The number of hydrogen-bond donors (Lipinski definition) is 1. The van der Waals surface area contributed by atoms with Crippen LogP contribution in [0.5, 0.6) is 5.75 Å². The maximum absolute atomic E-state index is 14.3. The van der Waals surface area contributed by atoms with Crippen LogP contribution < -0.4 is 9.92 Å². The Morgan fingerprint density at radius 2 is 1.80 bits per heavy atom. The molecule has 2 N–H and O–H groups in total. The molecule has 0 saturated carbocycles. The van der Waals surface area contributed by atoms with Crippen molar-refractivity contribution in [2.75, 3.05) is 19.3 Å². The molecule has 1 saturated heterocycles. The number of urea groups is 1. The molecule has 35 heavy (non-hydrogen) atoms. The summed E-state index contributed by atoms with van der Waals surface area (Å²) in [4.78, 5) is 17.6. The van der Waals surface area contributed by atoms with Crippen molar-refractivity contribution >= 4 is 27.5 Å². The fourth-order valence-corrected chi connectivity index (χ4v) is 5.15. The third-order valence-electron chi connectivity index (χ3n) is 5.27. The average Bonchev–Trinajstić information content (AvgIpc) is 3.22. The molecule has 3 heterocycles. The van der Waals surface area contributed by atoms with Gasteiger partial charge in [-0.2, -0.15) is 8.42 Å². The van der Waals surface area contributed by atoms with Gasteiger partial charge in [-0.3, -0.25) is 0 Å². The van der Waals surface area contributed by atoms with Crippen LogP contribution in [0.3, 0.4) is 0 Å². The molecule has 0 aliphatic carbocycles. The molecular formula is C23H30FN3O6S2. The van der Waals surface area contributed by atoms with Gasteiger partial charge in [0.25, 0.3) is 0 Å². The molecule has 192 valence electrons. The topological polar surface area (TPSA) is 121 Å². The number of fused-ring (bicyclic) bond motifs is 1. The number of terminal acetylenes is 1. The van der Waals surface area contributed by atoms with Crippen LogP contribution in [0.2, 0.25) is 0 Å². The first kappa shape index (κ1) is 28.5. The number of nitrogens with two attached hydrogens (primary N) is 1. The van der Waals surface area contributed by atoms with Crippen LogP contribution in [0, 0.1) is 18.7 Å². The molecule has 0 radical (unpaired) electrons. The maximum Gasteiger partial charge on any atom is 0.314 e. The van der Waals surface area contributed by atoms with E-state index in [4.69, 9.17) is 19.4 Å². The van der Waals surface area contributed by atoms with Gasteiger partial charge in [-0.15, -0.1) is 24.2 Å². The summed E-state index contributed by atoms with van der Waals surface area (Å²) in [5, 5.41) is 2.75. The lowest BCUT2D eigenvalue weighted by Gasteiger charge is -2.29. The number of likely N-dealkylation sites (tertiary alicyclic amines) is 1. The number of amides is 2. The first-order valence-corrected chi connectivity index (χ1v) is 13.7. The number of halogens is 1. The molecule has 0 bridgehead atoms. The van der Waals surface area contributed by atoms with E-state index in [-0.39, 0.29) is 30.4 Å². The highest BCUT2D eigenvalue weighted by Crippen LogP contribution is 2.36. The summed E-state index contributed by atoms with van der Waals surface area (Å²) in [7, 11) is -3.78. The minimum atomic E-state index is -3.78. The fraction of sp³-hybridized carbons (Fsp3) is 0.478. The molecule has 4 rings (SSSR count). The first-order valence-electron chi connectivity index (χ1n) is 11.0. The summed E-state index contributed by atoms with van der Waals surface area (Å²) < 4.78 is 53.9. The van der Waals surface area contributed by atoms with Gasteiger partial charge in [0.05, 0.1) is 24.5 Å². The standard InChI is InChI=1S/C19H22FN3O6S2.C2H6.C2H2/c1-31(25,26)29-16-3-2-14(20)12-8-27-18(28-9-13(12)16)15-10-30-17(22-15)11-4-6-23(7-5-11)19(21)24;2*1-2/h2-3,10-11,18H,4-9H2,1H3,(H2,21,24);1-2H3;1-2H. The smallest absolute Gasteiger partial charge is 0.314 e. The van der Waals surface area contributed by atoms with Gasteiger partial charge < -0.3 is 24.3 Å². The third-order valence-corrected chi connectivity index (χ3v) is 6.78. The molecule has 1 fully saturated rings. The number of nitrogens with zero attached hydrogens (tertiary/aromatic N) is 2. The van der Waals surface area contributed by atoms with Crippen molar-refractivity contribution in [3.63, 3.8) is 0 Å². The van der Waals surface area contributed by atoms with Gasteiger partial charge in [0.2, 0.25) is 6.29 Å². The molecule has 2 aliphatic heterocycles. The van der Waals surface area contributed by atoms with Gasteiger partial charge in [0, 0.05) is 35.5 Å². The Kier molecular flexibility index (Phi) is 10.5. The van der Waals surface area contributed by atoms with Crippen LogP contribution in [0.1, 0.15) is 60.7 Å². The van der Waals surface area contributed by atoms with Gasteiger partial charge in [0.1, 0.15) is 17.3 Å². The molecule has 9 nitrogen and oxygen atoms in total. The highest BCUT2D eigenvalue weighted by Gasteiger charge is 2.29. The van der Waals surface area contributed by atoms with Gasteiger partial charge in [0.15, 0.2) is 0 Å². The SMILES string of the molecule is C#C.CC.CS(=O)(=O)Oc1ccc(F)c2c1COC(c1csc(C3CCN(C(N)=O)CC3)n1)OC2. The number of piperidine rings is 1. The second-order valence-electron chi connectivity index (χ2n) is 7.45. The third kappa shape index (κ3) is 7.38. The van der Waals surface area contributed by atoms with E-state index in [0.717, 1.165) is 30.2 Å². The molecule has 2 amide bonds. The fourth-order valence-electron chi connectivity index (χ4n) is 3.68. The van der Waals surface area contributed by atoms with Crippen molar-refractivity contribution in [3.8, 4) is 18.6 Å². The summed E-state index contributed by atoms with van der Waals surface area (Å²) in [5.74, 6) is -0.298. The number of thiazole rings is 1. The zero-order valence-electron chi connectivity index (χ0n) is 19.9. The Balaban J connectivity index is 0.00000103. The van der Waals surface area contributed by atoms with Crippen molar-refractivity contribution in [2.45, 2.75) is 52.1 Å². The summed E-state index contributed by atoms with van der Waals surface area (Å²) in [6.45, 7) is 4.97. The lowest BCUT2D eigenvalue weighted by Crippen LogP contribution is -2.41. The molecule has 12 heteroatoms. The Hall–Kier alpha value is -2.72. The zero-order chi connectivity index (χ0) is 26.2. The number of carbonyl (C=O) groups is 1. The Bertz CT molecular complexity index is 1130. The largest absolute Gasteiger partial charge is 0.382 e. The van der Waals surface area contributed by atoms with Crippen molar-refractivity contribution in [3.05, 3.63) is 45.2 Å². The average molecular weight is 528 g/mol. The zero-order valence-corrected chi connectivity index (χ0v) is 21.5. The predicted molar refractivity (Wildman–Crippen MR) is 131 cm³/mol. The van der Waals surface area contributed by atoms with Gasteiger partial charge >= 0.3 is 16.1 Å².